The minimum atomic E-state index is 0.0402. The summed E-state index contributed by atoms with van der Waals surface area (Å²) < 4.78 is 11.5. The van der Waals surface area contributed by atoms with E-state index in [1.807, 2.05) is 43.4 Å². The van der Waals surface area contributed by atoms with E-state index in [2.05, 4.69) is 21.2 Å². The van der Waals surface area contributed by atoms with Crippen molar-refractivity contribution in [1.82, 2.24) is 5.32 Å². The van der Waals surface area contributed by atoms with Crippen LogP contribution in [0.2, 0.25) is 5.02 Å². The lowest BCUT2D eigenvalue weighted by Crippen LogP contribution is -2.17. The van der Waals surface area contributed by atoms with Crippen molar-refractivity contribution in [3.05, 3.63) is 57.0 Å². The SMILES string of the molecule is CNC(c1ccc(Cl)c(Br)c1)c1ccc(OC)c(OC)c1. The number of hydrogen-bond acceptors (Lipinski definition) is 3. The number of methoxy groups -OCH3 is 2. The van der Waals surface area contributed by atoms with Crippen molar-refractivity contribution in [1.29, 1.82) is 0 Å². The Kier molecular flexibility index (Phi) is 5.51. The van der Waals surface area contributed by atoms with Gasteiger partial charge in [0.05, 0.1) is 25.3 Å². The van der Waals surface area contributed by atoms with Gasteiger partial charge in [0.2, 0.25) is 0 Å². The van der Waals surface area contributed by atoms with Gasteiger partial charge in [-0.25, -0.2) is 0 Å². The normalized spacial score (nSPS) is 12.0. The molecule has 5 heteroatoms. The van der Waals surface area contributed by atoms with Crippen LogP contribution in [0.25, 0.3) is 0 Å². The van der Waals surface area contributed by atoms with Gasteiger partial charge in [0.15, 0.2) is 11.5 Å². The summed E-state index contributed by atoms with van der Waals surface area (Å²) >= 11 is 9.52. The molecule has 0 heterocycles. The Morgan fingerprint density at radius 2 is 1.62 bits per heavy atom. The monoisotopic (exact) mass is 369 g/mol. The summed E-state index contributed by atoms with van der Waals surface area (Å²) in [5, 5.41) is 4.01. The fourth-order valence-corrected chi connectivity index (χ4v) is 2.76. The molecule has 3 nitrogen and oxygen atoms in total. The number of halogens is 2. The first-order valence-electron chi connectivity index (χ1n) is 6.44. The minimum Gasteiger partial charge on any atom is -0.493 e. The first-order chi connectivity index (χ1) is 10.1. The van der Waals surface area contributed by atoms with Crippen LogP contribution < -0.4 is 14.8 Å². The third kappa shape index (κ3) is 3.51. The number of benzene rings is 2. The molecule has 0 saturated carbocycles. The van der Waals surface area contributed by atoms with Crippen LogP contribution in [0.4, 0.5) is 0 Å². The summed E-state index contributed by atoms with van der Waals surface area (Å²) in [4.78, 5) is 0. The zero-order valence-corrected chi connectivity index (χ0v) is 14.5. The van der Waals surface area contributed by atoms with Crippen LogP contribution in [0, 0.1) is 0 Å². The molecule has 0 aromatic heterocycles. The molecule has 0 aliphatic rings. The molecule has 21 heavy (non-hydrogen) atoms. The van der Waals surface area contributed by atoms with Gasteiger partial charge in [-0.15, -0.1) is 0 Å². The molecule has 1 unspecified atom stereocenters. The maximum atomic E-state index is 6.06. The summed E-state index contributed by atoms with van der Waals surface area (Å²) in [6.45, 7) is 0. The van der Waals surface area contributed by atoms with Crippen LogP contribution in [-0.4, -0.2) is 21.3 Å². The average molecular weight is 371 g/mol. The first-order valence-corrected chi connectivity index (χ1v) is 7.62. The average Bonchev–Trinajstić information content (AvgIpc) is 2.51. The molecule has 0 aliphatic carbocycles. The molecule has 0 amide bonds. The second kappa shape index (κ2) is 7.16. The van der Waals surface area contributed by atoms with E-state index in [0.29, 0.717) is 16.5 Å². The number of rotatable bonds is 5. The van der Waals surface area contributed by atoms with Crippen LogP contribution in [-0.2, 0) is 0 Å². The smallest absolute Gasteiger partial charge is 0.161 e. The summed E-state index contributed by atoms with van der Waals surface area (Å²) in [5.74, 6) is 1.43. The van der Waals surface area contributed by atoms with E-state index in [4.69, 9.17) is 21.1 Å². The fourth-order valence-electron chi connectivity index (χ4n) is 2.25. The number of hydrogen-bond donors (Lipinski definition) is 1. The topological polar surface area (TPSA) is 30.5 Å². The molecule has 112 valence electrons. The molecule has 0 fully saturated rings. The van der Waals surface area contributed by atoms with E-state index in [9.17, 15) is 0 Å². The highest BCUT2D eigenvalue weighted by Crippen LogP contribution is 2.33. The van der Waals surface area contributed by atoms with Gasteiger partial charge in [-0.1, -0.05) is 23.7 Å². The maximum absolute atomic E-state index is 6.06. The molecule has 0 saturated heterocycles. The second-order valence-corrected chi connectivity index (χ2v) is 5.77. The Labute approximate surface area is 138 Å². The van der Waals surface area contributed by atoms with Crippen molar-refractivity contribution in [3.63, 3.8) is 0 Å². The Balaban J connectivity index is 2.43. The van der Waals surface area contributed by atoms with Gasteiger partial charge in [0.25, 0.3) is 0 Å². The highest BCUT2D eigenvalue weighted by atomic mass is 79.9. The van der Waals surface area contributed by atoms with Gasteiger partial charge in [0.1, 0.15) is 0 Å². The van der Waals surface area contributed by atoms with Crippen LogP contribution >= 0.6 is 27.5 Å². The van der Waals surface area contributed by atoms with Gasteiger partial charge >= 0.3 is 0 Å². The van der Waals surface area contributed by atoms with Crippen molar-refractivity contribution in [3.8, 4) is 11.5 Å². The molecular formula is C16H17BrClNO2. The molecule has 0 aliphatic heterocycles. The first kappa shape index (κ1) is 16.1. The molecule has 2 aromatic carbocycles. The van der Waals surface area contributed by atoms with Crippen LogP contribution in [0.3, 0.4) is 0 Å². The van der Waals surface area contributed by atoms with Crippen LogP contribution in [0.1, 0.15) is 17.2 Å². The van der Waals surface area contributed by atoms with E-state index in [1.165, 1.54) is 0 Å². The highest BCUT2D eigenvalue weighted by molar-refractivity contribution is 9.10. The molecule has 1 N–H and O–H groups in total. The predicted octanol–water partition coefficient (Wildman–Crippen LogP) is 4.43. The quantitative estimate of drug-likeness (QED) is 0.844. The lowest BCUT2D eigenvalue weighted by molar-refractivity contribution is 0.354. The van der Waals surface area contributed by atoms with Crippen molar-refractivity contribution in [2.45, 2.75) is 6.04 Å². The van der Waals surface area contributed by atoms with Gasteiger partial charge in [-0.2, -0.15) is 0 Å². The highest BCUT2D eigenvalue weighted by Gasteiger charge is 2.15. The zero-order valence-electron chi connectivity index (χ0n) is 12.1. The van der Waals surface area contributed by atoms with Crippen molar-refractivity contribution in [2.75, 3.05) is 21.3 Å². The van der Waals surface area contributed by atoms with Crippen molar-refractivity contribution < 1.29 is 9.47 Å². The summed E-state index contributed by atoms with van der Waals surface area (Å²) in [7, 11) is 5.18. The van der Waals surface area contributed by atoms with Gasteiger partial charge in [0, 0.05) is 4.47 Å². The predicted molar refractivity (Wildman–Crippen MR) is 89.6 cm³/mol. The van der Waals surface area contributed by atoms with Crippen LogP contribution in [0.5, 0.6) is 11.5 Å². The number of ether oxygens (including phenoxy) is 2. The van der Waals surface area contributed by atoms with Crippen molar-refractivity contribution in [2.24, 2.45) is 0 Å². The zero-order chi connectivity index (χ0) is 15.4. The summed E-state index contributed by atoms with van der Waals surface area (Å²) in [6.07, 6.45) is 0. The molecule has 1 atom stereocenters. The van der Waals surface area contributed by atoms with Crippen molar-refractivity contribution >= 4 is 27.5 Å². The third-order valence-electron chi connectivity index (χ3n) is 3.31. The van der Waals surface area contributed by atoms with Gasteiger partial charge in [-0.3, -0.25) is 0 Å². The van der Waals surface area contributed by atoms with E-state index < -0.39 is 0 Å². The lowest BCUT2D eigenvalue weighted by atomic mass is 9.98. The van der Waals surface area contributed by atoms with Gasteiger partial charge < -0.3 is 14.8 Å². The molecule has 0 bridgehead atoms. The van der Waals surface area contributed by atoms with E-state index >= 15 is 0 Å². The molecule has 2 aromatic rings. The fraction of sp³-hybridized carbons (Fsp3) is 0.250. The Morgan fingerprint density at radius 1 is 1.00 bits per heavy atom. The summed E-state index contributed by atoms with van der Waals surface area (Å²) in [6, 6.07) is 11.8. The number of nitrogens with one attached hydrogen (secondary N) is 1. The minimum absolute atomic E-state index is 0.0402. The lowest BCUT2D eigenvalue weighted by Gasteiger charge is -2.19. The molecule has 0 spiro atoms. The van der Waals surface area contributed by atoms with Crippen LogP contribution in [0.15, 0.2) is 40.9 Å². The second-order valence-electron chi connectivity index (χ2n) is 4.51. The van der Waals surface area contributed by atoms with E-state index in [-0.39, 0.29) is 6.04 Å². The molecule has 2 rings (SSSR count). The van der Waals surface area contributed by atoms with E-state index in [0.717, 1.165) is 15.6 Å². The largest absolute Gasteiger partial charge is 0.493 e. The third-order valence-corrected chi connectivity index (χ3v) is 4.52. The maximum Gasteiger partial charge on any atom is 0.161 e. The van der Waals surface area contributed by atoms with Gasteiger partial charge in [-0.05, 0) is 58.4 Å². The molecule has 0 radical (unpaired) electrons. The Hall–Kier alpha value is -1.23. The Bertz CT molecular complexity index is 634. The van der Waals surface area contributed by atoms with E-state index in [1.54, 1.807) is 14.2 Å². The standard InChI is InChI=1S/C16H17BrClNO2/c1-19-16(10-4-6-13(18)12(17)8-10)11-5-7-14(20-2)15(9-11)21-3/h4-9,16,19H,1-3H3. The summed E-state index contributed by atoms with van der Waals surface area (Å²) in [5.41, 5.74) is 2.20. The molecular weight excluding hydrogens is 354 g/mol. The Morgan fingerprint density at radius 3 is 2.19 bits per heavy atom.